The average Bonchev–Trinajstić information content (AvgIpc) is 3.41. The van der Waals surface area contributed by atoms with Crippen LogP contribution in [0.1, 0.15) is 67.5 Å². The predicted molar refractivity (Wildman–Crippen MR) is 147 cm³/mol. The van der Waals surface area contributed by atoms with Gasteiger partial charge in [0.1, 0.15) is 0 Å². The van der Waals surface area contributed by atoms with Crippen molar-refractivity contribution in [3.8, 4) is 0 Å². The molecule has 0 aliphatic rings. The van der Waals surface area contributed by atoms with Gasteiger partial charge in [-0.15, -0.1) is 22.7 Å². The molecule has 0 unspecified atom stereocenters. The standard InChI is InChI=1S/C25H28S3.C2H6/c1-8-9-10-18(4)22-13-15-24(27-22)20(6)26-21(7)25-16-14-23(28-25)19(5)12-11-17(2)3;1-2/h9-16H,4,6-8H2,1-3,5H3;1-2H3/b10-9-,19-12+;. The van der Waals surface area contributed by atoms with Crippen LogP contribution in [0.3, 0.4) is 0 Å². The summed E-state index contributed by atoms with van der Waals surface area (Å²) >= 11 is 5.15. The van der Waals surface area contributed by atoms with E-state index in [-0.39, 0.29) is 0 Å². The maximum Gasteiger partial charge on any atom is 0.0410 e. The fraction of sp³-hybridized carbons (Fsp3) is 0.259. The monoisotopic (exact) mass is 454 g/mol. The molecule has 0 saturated heterocycles. The van der Waals surface area contributed by atoms with E-state index in [1.807, 2.05) is 13.8 Å². The molecule has 0 atom stereocenters. The second-order valence-electron chi connectivity index (χ2n) is 6.71. The van der Waals surface area contributed by atoms with Crippen LogP contribution >= 0.6 is 34.4 Å². The first-order valence-corrected chi connectivity index (χ1v) is 12.7. The second-order valence-corrected chi connectivity index (χ2v) is 10.1. The number of allylic oxidation sites excluding steroid dienone is 7. The van der Waals surface area contributed by atoms with Gasteiger partial charge in [0.05, 0.1) is 0 Å². The van der Waals surface area contributed by atoms with Gasteiger partial charge in [-0.3, -0.25) is 0 Å². The molecule has 160 valence electrons. The van der Waals surface area contributed by atoms with Crippen LogP contribution in [0.5, 0.6) is 0 Å². The number of thioether (sulfide) groups is 1. The van der Waals surface area contributed by atoms with Gasteiger partial charge in [0.15, 0.2) is 0 Å². The molecule has 0 aromatic carbocycles. The van der Waals surface area contributed by atoms with Crippen LogP contribution in [0.2, 0.25) is 0 Å². The molecular weight excluding hydrogens is 420 g/mol. The van der Waals surface area contributed by atoms with Crippen LogP contribution in [0.25, 0.3) is 21.0 Å². The van der Waals surface area contributed by atoms with E-state index in [0.29, 0.717) is 0 Å². The van der Waals surface area contributed by atoms with Crippen molar-refractivity contribution in [3.05, 3.63) is 93.4 Å². The SMILES string of the molecule is C=C(/C=C\CC)c1ccc(C(=C)SC(=C)c2ccc(/C(C)=C/C=C(C)C)s2)s1.CC. The highest BCUT2D eigenvalue weighted by Crippen LogP contribution is 2.42. The summed E-state index contributed by atoms with van der Waals surface area (Å²) in [7, 11) is 0. The van der Waals surface area contributed by atoms with Crippen molar-refractivity contribution in [2.24, 2.45) is 0 Å². The molecule has 2 heterocycles. The Kier molecular flexibility index (Phi) is 11.8. The van der Waals surface area contributed by atoms with Gasteiger partial charge in [-0.1, -0.05) is 82.1 Å². The first-order valence-electron chi connectivity index (χ1n) is 10.3. The Balaban J connectivity index is 0.00000218. The van der Waals surface area contributed by atoms with E-state index in [9.17, 15) is 0 Å². The van der Waals surface area contributed by atoms with Crippen LogP contribution in [0.4, 0.5) is 0 Å². The van der Waals surface area contributed by atoms with E-state index in [1.165, 1.54) is 30.7 Å². The number of hydrogen-bond donors (Lipinski definition) is 0. The highest BCUT2D eigenvalue weighted by atomic mass is 32.2. The van der Waals surface area contributed by atoms with E-state index < -0.39 is 0 Å². The minimum absolute atomic E-state index is 1.02. The predicted octanol–water partition coefficient (Wildman–Crippen LogP) is 10.6. The zero-order chi connectivity index (χ0) is 22.7. The summed E-state index contributed by atoms with van der Waals surface area (Å²) in [6.07, 6.45) is 9.56. The third-order valence-corrected chi connectivity index (χ3v) is 7.63. The van der Waals surface area contributed by atoms with E-state index in [0.717, 1.165) is 21.8 Å². The number of hydrogen-bond acceptors (Lipinski definition) is 3. The quantitative estimate of drug-likeness (QED) is 0.339. The molecule has 0 amide bonds. The van der Waals surface area contributed by atoms with Gasteiger partial charge in [-0.25, -0.2) is 0 Å². The first kappa shape index (κ1) is 26.2. The van der Waals surface area contributed by atoms with Crippen LogP contribution < -0.4 is 0 Å². The van der Waals surface area contributed by atoms with Crippen molar-refractivity contribution in [2.45, 2.75) is 48.0 Å². The topological polar surface area (TPSA) is 0 Å². The Hall–Kier alpha value is -1.81. The van der Waals surface area contributed by atoms with Gasteiger partial charge < -0.3 is 0 Å². The van der Waals surface area contributed by atoms with Crippen molar-refractivity contribution >= 4 is 55.4 Å². The van der Waals surface area contributed by atoms with Crippen molar-refractivity contribution < 1.29 is 0 Å². The Morgan fingerprint density at radius 1 is 0.833 bits per heavy atom. The van der Waals surface area contributed by atoms with Crippen molar-refractivity contribution in [1.29, 1.82) is 0 Å². The number of rotatable bonds is 9. The molecule has 0 N–H and O–H groups in total. The van der Waals surface area contributed by atoms with Crippen LogP contribution in [-0.4, -0.2) is 0 Å². The van der Waals surface area contributed by atoms with E-state index >= 15 is 0 Å². The van der Waals surface area contributed by atoms with E-state index in [1.54, 1.807) is 34.4 Å². The second kappa shape index (κ2) is 13.5. The minimum Gasteiger partial charge on any atom is -0.135 e. The summed E-state index contributed by atoms with van der Waals surface area (Å²) < 4.78 is 0. The highest BCUT2D eigenvalue weighted by Gasteiger charge is 2.11. The third kappa shape index (κ3) is 8.14. The van der Waals surface area contributed by atoms with Crippen LogP contribution in [0, 0.1) is 0 Å². The van der Waals surface area contributed by atoms with E-state index in [4.69, 9.17) is 0 Å². The molecule has 0 aliphatic carbocycles. The lowest BCUT2D eigenvalue weighted by Gasteiger charge is -2.04. The minimum atomic E-state index is 1.02. The van der Waals surface area contributed by atoms with Gasteiger partial charge in [-0.2, -0.15) is 0 Å². The van der Waals surface area contributed by atoms with Gasteiger partial charge in [0.2, 0.25) is 0 Å². The third-order valence-electron chi connectivity index (χ3n) is 3.93. The van der Waals surface area contributed by atoms with Crippen LogP contribution in [0.15, 0.2) is 73.9 Å². The summed E-state index contributed by atoms with van der Waals surface area (Å²) in [6.45, 7) is 25.2. The normalized spacial score (nSPS) is 11.1. The van der Waals surface area contributed by atoms with E-state index in [2.05, 4.69) is 96.0 Å². The zero-order valence-corrected chi connectivity index (χ0v) is 21.6. The summed E-state index contributed by atoms with van der Waals surface area (Å²) in [5.74, 6) is 0. The lowest BCUT2D eigenvalue weighted by molar-refractivity contribution is 1.23. The molecule has 0 radical (unpaired) electrons. The lowest BCUT2D eigenvalue weighted by Crippen LogP contribution is -1.74. The fourth-order valence-corrected chi connectivity index (χ4v) is 5.13. The molecule has 2 rings (SSSR count). The summed E-state index contributed by atoms with van der Waals surface area (Å²) in [4.78, 5) is 6.89. The first-order chi connectivity index (χ1) is 14.3. The van der Waals surface area contributed by atoms with Gasteiger partial charge in [-0.05, 0) is 62.6 Å². The largest absolute Gasteiger partial charge is 0.135 e. The average molecular weight is 455 g/mol. The van der Waals surface area contributed by atoms with Crippen molar-refractivity contribution in [2.75, 3.05) is 0 Å². The summed E-state index contributed by atoms with van der Waals surface area (Å²) in [5, 5.41) is 0. The molecule has 0 aliphatic heterocycles. The maximum atomic E-state index is 4.28. The lowest BCUT2D eigenvalue weighted by atomic mass is 10.2. The molecular formula is C27H34S3. The molecule has 30 heavy (non-hydrogen) atoms. The Labute approximate surface area is 196 Å². The smallest absolute Gasteiger partial charge is 0.0410 e. The molecule has 0 nitrogen and oxygen atoms in total. The molecule has 0 saturated carbocycles. The summed E-state index contributed by atoms with van der Waals surface area (Å²) in [6, 6.07) is 8.57. The Bertz CT molecular complexity index is 954. The molecule has 0 bridgehead atoms. The van der Waals surface area contributed by atoms with Gasteiger partial charge >= 0.3 is 0 Å². The zero-order valence-electron chi connectivity index (χ0n) is 19.2. The summed E-state index contributed by atoms with van der Waals surface area (Å²) in [5.41, 5.74) is 3.63. The van der Waals surface area contributed by atoms with Crippen LogP contribution in [-0.2, 0) is 0 Å². The molecule has 3 heteroatoms. The Morgan fingerprint density at radius 2 is 1.33 bits per heavy atom. The van der Waals surface area contributed by atoms with Crippen molar-refractivity contribution in [3.63, 3.8) is 0 Å². The van der Waals surface area contributed by atoms with Gasteiger partial charge in [0, 0.05) is 29.3 Å². The molecule has 2 aromatic heterocycles. The Morgan fingerprint density at radius 3 is 1.87 bits per heavy atom. The fourth-order valence-electron chi connectivity index (χ4n) is 2.33. The number of thiophene rings is 2. The molecule has 2 aromatic rings. The molecule has 0 fully saturated rings. The molecule has 0 spiro atoms. The maximum absolute atomic E-state index is 4.28. The van der Waals surface area contributed by atoms with Gasteiger partial charge in [0.25, 0.3) is 0 Å². The van der Waals surface area contributed by atoms with Crippen molar-refractivity contribution in [1.82, 2.24) is 0 Å². The highest BCUT2D eigenvalue weighted by molar-refractivity contribution is 8.16.